The summed E-state index contributed by atoms with van der Waals surface area (Å²) in [5.41, 5.74) is 1.48. The van der Waals surface area contributed by atoms with E-state index in [2.05, 4.69) is 16.2 Å². The number of fused-ring (bicyclic) bond motifs is 1. The van der Waals surface area contributed by atoms with Gasteiger partial charge >= 0.3 is 12.1 Å². The van der Waals surface area contributed by atoms with Crippen LogP contribution in [0.4, 0.5) is 13.2 Å². The molecule has 4 heterocycles. The zero-order valence-corrected chi connectivity index (χ0v) is 17.6. The molecule has 3 aliphatic heterocycles. The molecule has 0 amide bonds. The number of hydrogen-bond donors (Lipinski definition) is 1. The van der Waals surface area contributed by atoms with Crippen LogP contribution >= 0.6 is 0 Å². The average Bonchev–Trinajstić information content (AvgIpc) is 3.37. The van der Waals surface area contributed by atoms with E-state index in [0.717, 1.165) is 72.1 Å². The third-order valence-electron chi connectivity index (χ3n) is 6.08. The number of nitrogens with zero attached hydrogens (tertiary/aromatic N) is 3. The standard InChI is InChI=1S/C18H29N3O3.C2HF3O2/c1-20-7-16(6-19-20)8-21-9-17-11-24-14-18(17,12-21)13-23-10-15-2-4-22-5-3-15;3-2(4,5)1(6)7/h6-7,15,17H,2-5,8-14H2,1H3;(H,6,7)/t17-,18-;/m1./s1. The Kier molecular flexibility index (Phi) is 7.95. The summed E-state index contributed by atoms with van der Waals surface area (Å²) in [6, 6.07) is 0. The van der Waals surface area contributed by atoms with Crippen LogP contribution in [0.25, 0.3) is 0 Å². The Morgan fingerprint density at radius 1 is 1.35 bits per heavy atom. The van der Waals surface area contributed by atoms with Crippen LogP contribution in [0, 0.1) is 17.3 Å². The van der Waals surface area contributed by atoms with Crippen molar-refractivity contribution < 1.29 is 37.3 Å². The Bertz CT molecular complexity index is 723. The molecule has 0 aromatic carbocycles. The number of rotatable bonds is 6. The summed E-state index contributed by atoms with van der Waals surface area (Å²) in [5, 5.41) is 11.4. The SMILES string of the molecule is Cn1cc(CN2C[C@@H]3COC[C@]3(COCC3CCOCC3)C2)cn1.O=C(O)C(F)(F)F. The number of carboxylic acids is 1. The zero-order chi connectivity index (χ0) is 22.5. The number of alkyl halides is 3. The van der Waals surface area contributed by atoms with Crippen LogP contribution < -0.4 is 0 Å². The molecule has 0 aliphatic carbocycles. The average molecular weight is 449 g/mol. The first kappa shape index (κ1) is 24.0. The van der Waals surface area contributed by atoms with Crippen molar-refractivity contribution in [2.24, 2.45) is 24.3 Å². The van der Waals surface area contributed by atoms with Crippen molar-refractivity contribution in [3.8, 4) is 0 Å². The van der Waals surface area contributed by atoms with Gasteiger partial charge in [-0.2, -0.15) is 18.3 Å². The number of carbonyl (C=O) groups is 1. The summed E-state index contributed by atoms with van der Waals surface area (Å²) in [4.78, 5) is 11.4. The lowest BCUT2D eigenvalue weighted by molar-refractivity contribution is -0.192. The minimum Gasteiger partial charge on any atom is -0.475 e. The van der Waals surface area contributed by atoms with Crippen LogP contribution in [0.15, 0.2) is 12.4 Å². The predicted octanol–water partition coefficient (Wildman–Crippen LogP) is 1.94. The molecule has 4 rings (SSSR count). The molecule has 0 saturated carbocycles. The molecule has 1 aromatic heterocycles. The number of carboxylic acid groups (broad SMARTS) is 1. The van der Waals surface area contributed by atoms with Gasteiger partial charge in [0.05, 0.1) is 26.0 Å². The lowest BCUT2D eigenvalue weighted by Crippen LogP contribution is -2.36. The normalized spacial score (nSPS) is 27.0. The molecule has 0 radical (unpaired) electrons. The maximum absolute atomic E-state index is 10.6. The van der Waals surface area contributed by atoms with Crippen LogP contribution in [-0.4, -0.2) is 84.7 Å². The number of aryl methyl sites for hydroxylation is 1. The first-order valence-electron chi connectivity index (χ1n) is 10.4. The van der Waals surface area contributed by atoms with Crippen LogP contribution in [0.2, 0.25) is 0 Å². The van der Waals surface area contributed by atoms with Crippen molar-refractivity contribution in [1.82, 2.24) is 14.7 Å². The Balaban J connectivity index is 0.000000339. The van der Waals surface area contributed by atoms with Crippen molar-refractivity contribution in [3.63, 3.8) is 0 Å². The number of likely N-dealkylation sites (tertiary alicyclic amines) is 1. The van der Waals surface area contributed by atoms with Gasteiger partial charge in [-0.3, -0.25) is 9.58 Å². The smallest absolute Gasteiger partial charge is 0.475 e. The van der Waals surface area contributed by atoms with E-state index in [1.54, 1.807) is 0 Å². The van der Waals surface area contributed by atoms with Crippen LogP contribution in [-0.2, 0) is 32.6 Å². The number of hydrogen-bond acceptors (Lipinski definition) is 6. The summed E-state index contributed by atoms with van der Waals surface area (Å²) in [5.74, 6) is -1.49. The molecular formula is C20H30F3N3O5. The fourth-order valence-electron chi connectivity index (χ4n) is 4.42. The Morgan fingerprint density at radius 2 is 2.06 bits per heavy atom. The minimum atomic E-state index is -5.08. The third-order valence-corrected chi connectivity index (χ3v) is 6.08. The largest absolute Gasteiger partial charge is 0.490 e. The van der Waals surface area contributed by atoms with E-state index in [0.29, 0.717) is 11.8 Å². The molecular weight excluding hydrogens is 419 g/mol. The molecule has 0 spiro atoms. The van der Waals surface area contributed by atoms with Gasteiger partial charge in [0.15, 0.2) is 0 Å². The van der Waals surface area contributed by atoms with Gasteiger partial charge in [-0.25, -0.2) is 4.79 Å². The van der Waals surface area contributed by atoms with Gasteiger partial charge in [0, 0.05) is 69.6 Å². The van der Waals surface area contributed by atoms with Gasteiger partial charge in [0.25, 0.3) is 0 Å². The summed E-state index contributed by atoms with van der Waals surface area (Å²) in [7, 11) is 1.97. The first-order chi connectivity index (χ1) is 14.7. The Hall–Kier alpha value is -1.69. The molecule has 11 heteroatoms. The fraction of sp³-hybridized carbons (Fsp3) is 0.800. The van der Waals surface area contributed by atoms with Crippen molar-refractivity contribution in [2.45, 2.75) is 25.6 Å². The molecule has 3 fully saturated rings. The molecule has 2 atom stereocenters. The molecule has 3 saturated heterocycles. The van der Waals surface area contributed by atoms with Crippen molar-refractivity contribution >= 4 is 5.97 Å². The predicted molar refractivity (Wildman–Crippen MR) is 103 cm³/mol. The maximum atomic E-state index is 10.6. The van der Waals surface area contributed by atoms with Crippen molar-refractivity contribution in [1.29, 1.82) is 0 Å². The molecule has 1 aromatic rings. The fourth-order valence-corrected chi connectivity index (χ4v) is 4.42. The van der Waals surface area contributed by atoms with Crippen LogP contribution in [0.5, 0.6) is 0 Å². The lowest BCUT2D eigenvalue weighted by atomic mass is 9.82. The first-order valence-corrected chi connectivity index (χ1v) is 10.4. The number of aromatic nitrogens is 2. The van der Waals surface area contributed by atoms with Crippen LogP contribution in [0.3, 0.4) is 0 Å². The van der Waals surface area contributed by atoms with Crippen molar-refractivity contribution in [3.05, 3.63) is 18.0 Å². The zero-order valence-electron chi connectivity index (χ0n) is 17.6. The second-order valence-electron chi connectivity index (χ2n) is 8.64. The van der Waals surface area contributed by atoms with E-state index in [1.807, 2.05) is 17.9 Å². The molecule has 31 heavy (non-hydrogen) atoms. The Labute approximate surface area is 179 Å². The highest BCUT2D eigenvalue weighted by molar-refractivity contribution is 5.73. The second kappa shape index (κ2) is 10.3. The van der Waals surface area contributed by atoms with E-state index in [9.17, 15) is 13.2 Å². The van der Waals surface area contributed by atoms with Crippen LogP contribution in [0.1, 0.15) is 18.4 Å². The third kappa shape index (κ3) is 6.64. The monoisotopic (exact) mass is 449 g/mol. The quantitative estimate of drug-likeness (QED) is 0.711. The number of aliphatic carboxylic acids is 1. The highest BCUT2D eigenvalue weighted by Crippen LogP contribution is 2.42. The van der Waals surface area contributed by atoms with E-state index < -0.39 is 12.1 Å². The molecule has 176 valence electrons. The molecule has 3 aliphatic rings. The summed E-state index contributed by atoms with van der Waals surface area (Å²) in [6.07, 6.45) is 1.28. The highest BCUT2D eigenvalue weighted by Gasteiger charge is 2.50. The van der Waals surface area contributed by atoms with Gasteiger partial charge in [0.2, 0.25) is 0 Å². The van der Waals surface area contributed by atoms with E-state index >= 15 is 0 Å². The van der Waals surface area contributed by atoms with Crippen molar-refractivity contribution in [2.75, 3.05) is 52.7 Å². The van der Waals surface area contributed by atoms with Gasteiger partial charge in [-0.1, -0.05) is 0 Å². The molecule has 0 unspecified atom stereocenters. The summed E-state index contributed by atoms with van der Waals surface area (Å²) >= 11 is 0. The van der Waals surface area contributed by atoms with Gasteiger partial charge in [-0.05, 0) is 18.8 Å². The maximum Gasteiger partial charge on any atom is 0.490 e. The highest BCUT2D eigenvalue weighted by atomic mass is 19.4. The summed E-state index contributed by atoms with van der Waals surface area (Å²) < 4.78 is 51.0. The number of halogens is 3. The summed E-state index contributed by atoms with van der Waals surface area (Å²) in [6.45, 7) is 8.37. The second-order valence-corrected chi connectivity index (χ2v) is 8.64. The van der Waals surface area contributed by atoms with Gasteiger partial charge in [-0.15, -0.1) is 0 Å². The molecule has 0 bridgehead atoms. The van der Waals surface area contributed by atoms with E-state index in [-0.39, 0.29) is 5.41 Å². The molecule has 1 N–H and O–H groups in total. The number of ether oxygens (including phenoxy) is 3. The topological polar surface area (TPSA) is 86.0 Å². The van der Waals surface area contributed by atoms with Gasteiger partial charge in [0.1, 0.15) is 0 Å². The van der Waals surface area contributed by atoms with E-state index in [4.69, 9.17) is 24.1 Å². The molecule has 8 nitrogen and oxygen atoms in total. The van der Waals surface area contributed by atoms with E-state index in [1.165, 1.54) is 5.56 Å². The van der Waals surface area contributed by atoms with Gasteiger partial charge < -0.3 is 19.3 Å². The Morgan fingerprint density at radius 3 is 2.68 bits per heavy atom. The minimum absolute atomic E-state index is 0.188. The lowest BCUT2D eigenvalue weighted by Gasteiger charge is -2.29.